The van der Waals surface area contributed by atoms with Gasteiger partial charge in [0.1, 0.15) is 5.75 Å². The van der Waals surface area contributed by atoms with E-state index < -0.39 is 0 Å². The van der Waals surface area contributed by atoms with E-state index in [0.717, 1.165) is 24.2 Å². The highest BCUT2D eigenvalue weighted by molar-refractivity contribution is 5.86. The Morgan fingerprint density at radius 1 is 1.26 bits per heavy atom. The third-order valence-electron chi connectivity index (χ3n) is 3.69. The lowest BCUT2D eigenvalue weighted by Crippen LogP contribution is -2.27. The molecule has 0 radical (unpaired) electrons. The topological polar surface area (TPSA) is 54.0 Å². The summed E-state index contributed by atoms with van der Waals surface area (Å²) in [6, 6.07) is 7.68. The highest BCUT2D eigenvalue weighted by Gasteiger charge is 2.23. The molecule has 126 valence electrons. The van der Waals surface area contributed by atoms with Gasteiger partial charge in [-0.1, -0.05) is 18.7 Å². The van der Waals surface area contributed by atoms with Crippen molar-refractivity contribution in [1.29, 1.82) is 0 Å². The third-order valence-corrected chi connectivity index (χ3v) is 3.69. The van der Waals surface area contributed by atoms with Crippen LogP contribution in [0, 0.1) is 5.92 Å². The van der Waals surface area contributed by atoms with Gasteiger partial charge in [-0.2, -0.15) is 0 Å². The maximum atomic E-state index is 11.3. The second-order valence-electron chi connectivity index (χ2n) is 5.70. The van der Waals surface area contributed by atoms with Crippen molar-refractivity contribution in [3.63, 3.8) is 0 Å². The largest absolute Gasteiger partial charge is 0.497 e. The lowest BCUT2D eigenvalue weighted by molar-refractivity contribution is -0.206. The average Bonchev–Trinajstić information content (AvgIpc) is 2.59. The Balaban J connectivity index is 1.67. The van der Waals surface area contributed by atoms with E-state index in [4.69, 9.17) is 18.9 Å². The van der Waals surface area contributed by atoms with Gasteiger partial charge in [-0.15, -0.1) is 0 Å². The number of ether oxygens (including phenoxy) is 4. The number of benzene rings is 1. The van der Waals surface area contributed by atoms with Crippen LogP contribution in [-0.4, -0.2) is 32.9 Å². The van der Waals surface area contributed by atoms with Crippen LogP contribution in [0.2, 0.25) is 0 Å². The summed E-state index contributed by atoms with van der Waals surface area (Å²) in [4.78, 5) is 11.3. The first-order valence-electron chi connectivity index (χ1n) is 7.80. The van der Waals surface area contributed by atoms with E-state index in [-0.39, 0.29) is 12.3 Å². The van der Waals surface area contributed by atoms with Crippen molar-refractivity contribution in [1.82, 2.24) is 0 Å². The van der Waals surface area contributed by atoms with Gasteiger partial charge in [0.15, 0.2) is 6.29 Å². The molecule has 1 aromatic carbocycles. The van der Waals surface area contributed by atoms with Crippen molar-refractivity contribution in [2.24, 2.45) is 5.92 Å². The highest BCUT2D eigenvalue weighted by Crippen LogP contribution is 2.27. The number of hydrogen-bond donors (Lipinski definition) is 0. The standard InChI is InChI=1S/C18H24O5/c1-13(2)17(19)21-10-4-5-14-11-22-18(23-12-14)15-6-8-16(20-3)9-7-15/h6-9,14,18H,1,4-5,10-12H2,2-3H3. The number of hydrogen-bond acceptors (Lipinski definition) is 5. The molecule has 1 saturated heterocycles. The summed E-state index contributed by atoms with van der Waals surface area (Å²) < 4.78 is 21.8. The first kappa shape index (κ1) is 17.5. The minimum absolute atomic E-state index is 0.321. The molecule has 1 fully saturated rings. The van der Waals surface area contributed by atoms with Gasteiger partial charge in [-0.3, -0.25) is 0 Å². The molecule has 0 saturated carbocycles. The predicted molar refractivity (Wildman–Crippen MR) is 86.1 cm³/mol. The number of carbonyl (C=O) groups excluding carboxylic acids is 1. The Morgan fingerprint density at radius 3 is 2.48 bits per heavy atom. The molecule has 0 amide bonds. The van der Waals surface area contributed by atoms with Gasteiger partial charge in [0, 0.05) is 17.1 Å². The number of methoxy groups -OCH3 is 1. The Morgan fingerprint density at radius 2 is 1.91 bits per heavy atom. The summed E-state index contributed by atoms with van der Waals surface area (Å²) in [5.74, 6) is 0.806. The second kappa shape index (κ2) is 8.70. The summed E-state index contributed by atoms with van der Waals surface area (Å²) in [5.41, 5.74) is 1.41. The van der Waals surface area contributed by atoms with Gasteiger partial charge < -0.3 is 18.9 Å². The molecule has 0 bridgehead atoms. The zero-order valence-corrected chi connectivity index (χ0v) is 13.7. The normalized spacial score (nSPS) is 20.8. The molecule has 1 aromatic rings. The summed E-state index contributed by atoms with van der Waals surface area (Å²) in [6.07, 6.45) is 1.38. The lowest BCUT2D eigenvalue weighted by Gasteiger charge is -2.29. The SMILES string of the molecule is C=C(C)C(=O)OCCCC1COC(c2ccc(OC)cc2)OC1. The van der Waals surface area contributed by atoms with Gasteiger partial charge >= 0.3 is 5.97 Å². The molecule has 1 aliphatic rings. The van der Waals surface area contributed by atoms with Crippen LogP contribution in [0.4, 0.5) is 0 Å². The van der Waals surface area contributed by atoms with Crippen LogP contribution >= 0.6 is 0 Å². The first-order valence-corrected chi connectivity index (χ1v) is 7.80. The fourth-order valence-corrected chi connectivity index (χ4v) is 2.32. The Hall–Kier alpha value is -1.85. The van der Waals surface area contributed by atoms with Crippen molar-refractivity contribution in [3.8, 4) is 5.75 Å². The average molecular weight is 320 g/mol. The quantitative estimate of drug-likeness (QED) is 0.438. The fraction of sp³-hybridized carbons (Fsp3) is 0.500. The van der Waals surface area contributed by atoms with E-state index >= 15 is 0 Å². The molecule has 0 spiro atoms. The van der Waals surface area contributed by atoms with Gasteiger partial charge in [0.05, 0.1) is 26.9 Å². The van der Waals surface area contributed by atoms with E-state index in [1.54, 1.807) is 14.0 Å². The molecule has 0 atom stereocenters. The van der Waals surface area contributed by atoms with Crippen LogP contribution in [0.15, 0.2) is 36.4 Å². The van der Waals surface area contributed by atoms with Gasteiger partial charge in [-0.25, -0.2) is 4.79 Å². The van der Waals surface area contributed by atoms with Crippen molar-refractivity contribution in [3.05, 3.63) is 42.0 Å². The molecule has 2 rings (SSSR count). The smallest absolute Gasteiger partial charge is 0.333 e. The zero-order chi connectivity index (χ0) is 16.7. The fourth-order valence-electron chi connectivity index (χ4n) is 2.32. The van der Waals surface area contributed by atoms with E-state index in [9.17, 15) is 4.79 Å². The molecule has 0 unspecified atom stereocenters. The molecule has 0 aliphatic carbocycles. The predicted octanol–water partition coefficient (Wildman–Crippen LogP) is 3.26. The van der Waals surface area contributed by atoms with Crippen molar-refractivity contribution in [2.75, 3.05) is 26.9 Å². The van der Waals surface area contributed by atoms with E-state index in [1.807, 2.05) is 24.3 Å². The van der Waals surface area contributed by atoms with Crippen molar-refractivity contribution in [2.45, 2.75) is 26.1 Å². The molecule has 0 N–H and O–H groups in total. The van der Waals surface area contributed by atoms with Crippen LogP contribution in [0.3, 0.4) is 0 Å². The highest BCUT2D eigenvalue weighted by atomic mass is 16.7. The molecular weight excluding hydrogens is 296 g/mol. The van der Waals surface area contributed by atoms with Crippen molar-refractivity contribution >= 4 is 5.97 Å². The number of esters is 1. The van der Waals surface area contributed by atoms with E-state index in [0.29, 0.717) is 31.3 Å². The number of rotatable bonds is 7. The first-order chi connectivity index (χ1) is 11.1. The molecule has 0 aromatic heterocycles. The summed E-state index contributed by atoms with van der Waals surface area (Å²) in [6.45, 7) is 6.89. The minimum atomic E-state index is -0.333. The Bertz CT molecular complexity index is 515. The Labute approximate surface area is 137 Å². The maximum Gasteiger partial charge on any atom is 0.333 e. The monoisotopic (exact) mass is 320 g/mol. The summed E-state index contributed by atoms with van der Waals surface area (Å²) in [7, 11) is 1.64. The molecule has 5 nitrogen and oxygen atoms in total. The minimum Gasteiger partial charge on any atom is -0.497 e. The third kappa shape index (κ3) is 5.37. The molecular formula is C18H24O5. The van der Waals surface area contributed by atoms with Crippen LogP contribution in [0.5, 0.6) is 5.75 Å². The molecule has 1 heterocycles. The van der Waals surface area contributed by atoms with E-state index in [2.05, 4.69) is 6.58 Å². The van der Waals surface area contributed by atoms with Crippen LogP contribution in [0.25, 0.3) is 0 Å². The summed E-state index contributed by atoms with van der Waals surface area (Å²) >= 11 is 0. The van der Waals surface area contributed by atoms with Crippen LogP contribution in [-0.2, 0) is 19.0 Å². The molecule has 23 heavy (non-hydrogen) atoms. The molecule has 1 aliphatic heterocycles. The van der Waals surface area contributed by atoms with E-state index in [1.165, 1.54) is 0 Å². The maximum absolute atomic E-state index is 11.3. The van der Waals surface area contributed by atoms with Gasteiger partial charge in [0.2, 0.25) is 0 Å². The van der Waals surface area contributed by atoms with Crippen molar-refractivity contribution < 1.29 is 23.7 Å². The summed E-state index contributed by atoms with van der Waals surface area (Å²) in [5, 5.41) is 0. The van der Waals surface area contributed by atoms with Crippen LogP contribution in [0.1, 0.15) is 31.6 Å². The zero-order valence-electron chi connectivity index (χ0n) is 13.7. The second-order valence-corrected chi connectivity index (χ2v) is 5.70. The number of carbonyl (C=O) groups is 1. The lowest BCUT2D eigenvalue weighted by atomic mass is 10.0. The van der Waals surface area contributed by atoms with Gasteiger partial charge in [0.25, 0.3) is 0 Å². The van der Waals surface area contributed by atoms with Gasteiger partial charge in [-0.05, 0) is 31.9 Å². The van der Waals surface area contributed by atoms with Crippen LogP contribution < -0.4 is 4.74 Å². The molecule has 5 heteroatoms. The Kier molecular flexibility index (Phi) is 6.62.